The second-order valence-corrected chi connectivity index (χ2v) is 8.38. The number of carbonyl (C=O) groups is 2. The molecular weight excluding hydrogens is 474 g/mol. The van der Waals surface area contributed by atoms with Crippen LogP contribution >= 0.6 is 0 Å². The molecule has 0 saturated carbocycles. The zero-order valence-electron chi connectivity index (χ0n) is 19.0. The first kappa shape index (κ1) is 25.4. The molecule has 8 N–H and O–H groups in total. The average Bonchev–Trinajstić information content (AvgIpc) is 3.28. The van der Waals surface area contributed by atoms with E-state index in [9.17, 15) is 30.0 Å². The number of ether oxygens (including phenoxy) is 1. The first-order valence-electron chi connectivity index (χ1n) is 11.1. The number of fused-ring (bicyclic) bond motifs is 1. The summed E-state index contributed by atoms with van der Waals surface area (Å²) < 4.78 is 6.54. The van der Waals surface area contributed by atoms with E-state index in [0.717, 1.165) is 5.56 Å². The highest BCUT2D eigenvalue weighted by molar-refractivity contribution is 5.89. The Hall–Kier alpha value is -3.69. The Morgan fingerprint density at radius 3 is 2.58 bits per heavy atom. The van der Waals surface area contributed by atoms with Crippen molar-refractivity contribution in [3.63, 3.8) is 0 Å². The molecule has 1 saturated heterocycles. The molecule has 1 aliphatic rings. The van der Waals surface area contributed by atoms with Crippen LogP contribution in [0, 0.1) is 0 Å². The minimum atomic E-state index is -1.69. The van der Waals surface area contributed by atoms with Crippen LogP contribution in [0.4, 0.5) is 5.82 Å². The number of nitrogens with zero attached hydrogens (tertiary/aromatic N) is 4. The molecule has 0 radical (unpaired) electrons. The molecule has 3 heterocycles. The number of nitrogens with two attached hydrogens (primary N) is 1. The molecule has 1 fully saturated rings. The minimum Gasteiger partial charge on any atom is -0.394 e. The second kappa shape index (κ2) is 10.9. The van der Waals surface area contributed by atoms with E-state index in [-0.39, 0.29) is 18.8 Å². The number of rotatable bonds is 8. The molecule has 14 nitrogen and oxygen atoms in total. The molecule has 14 heteroatoms. The van der Waals surface area contributed by atoms with Gasteiger partial charge in [0, 0.05) is 6.42 Å². The maximum atomic E-state index is 13.2. The van der Waals surface area contributed by atoms with Crippen LogP contribution in [0.15, 0.2) is 43.0 Å². The molecule has 0 bridgehead atoms. The van der Waals surface area contributed by atoms with Crippen LogP contribution in [0.5, 0.6) is 0 Å². The predicted molar refractivity (Wildman–Crippen MR) is 124 cm³/mol. The summed E-state index contributed by atoms with van der Waals surface area (Å²) in [5.74, 6) is -1.10. The van der Waals surface area contributed by atoms with Gasteiger partial charge in [-0.05, 0) is 5.56 Å². The Morgan fingerprint density at radius 1 is 1.11 bits per heavy atom. The fourth-order valence-electron chi connectivity index (χ4n) is 3.99. The van der Waals surface area contributed by atoms with E-state index in [1.54, 1.807) is 30.3 Å². The summed E-state index contributed by atoms with van der Waals surface area (Å²) in [6.07, 6.45) is -3.35. The zero-order chi connectivity index (χ0) is 25.8. The van der Waals surface area contributed by atoms with Crippen LogP contribution in [-0.4, -0.2) is 95.1 Å². The van der Waals surface area contributed by atoms with Crippen LogP contribution in [0.3, 0.4) is 0 Å². The summed E-state index contributed by atoms with van der Waals surface area (Å²) in [5.41, 5.74) is 7.21. The number of amides is 2. The summed E-state index contributed by atoms with van der Waals surface area (Å²) in [7, 11) is 0. The summed E-state index contributed by atoms with van der Waals surface area (Å²) in [5, 5.41) is 45.0. The van der Waals surface area contributed by atoms with Gasteiger partial charge >= 0.3 is 0 Å². The van der Waals surface area contributed by atoms with E-state index in [1.165, 1.54) is 17.2 Å². The van der Waals surface area contributed by atoms with Crippen molar-refractivity contribution in [3.05, 3.63) is 48.5 Å². The zero-order valence-corrected chi connectivity index (χ0v) is 19.0. The van der Waals surface area contributed by atoms with Gasteiger partial charge < -0.3 is 46.1 Å². The number of carbonyl (C=O) groups excluding carboxylic acids is 2. The van der Waals surface area contributed by atoms with Crippen molar-refractivity contribution >= 4 is 28.8 Å². The lowest BCUT2D eigenvalue weighted by Gasteiger charge is -2.40. The molecule has 4 rings (SSSR count). The van der Waals surface area contributed by atoms with Gasteiger partial charge in [0.1, 0.15) is 48.8 Å². The van der Waals surface area contributed by atoms with E-state index in [4.69, 9.17) is 10.5 Å². The average molecular weight is 502 g/mol. The first-order valence-corrected chi connectivity index (χ1v) is 11.1. The summed E-state index contributed by atoms with van der Waals surface area (Å²) >= 11 is 0. The molecule has 36 heavy (non-hydrogen) atoms. The topological polar surface area (TPSA) is 218 Å². The van der Waals surface area contributed by atoms with Crippen LogP contribution in [-0.2, 0) is 27.3 Å². The maximum absolute atomic E-state index is 13.2. The van der Waals surface area contributed by atoms with Gasteiger partial charge in [0.15, 0.2) is 17.8 Å². The number of hydrogen-bond donors (Lipinski definition) is 7. The molecule has 3 aromatic rings. The van der Waals surface area contributed by atoms with Gasteiger partial charge in [-0.25, -0.2) is 15.0 Å². The molecule has 2 amide bonds. The van der Waals surface area contributed by atoms with Gasteiger partial charge in [-0.2, -0.15) is 0 Å². The number of nitrogen functional groups attached to an aromatic ring is 1. The van der Waals surface area contributed by atoms with Gasteiger partial charge in [-0.3, -0.25) is 9.59 Å². The smallest absolute Gasteiger partial charge is 0.243 e. The van der Waals surface area contributed by atoms with Crippen molar-refractivity contribution in [1.29, 1.82) is 0 Å². The fourth-order valence-corrected chi connectivity index (χ4v) is 3.99. The van der Waals surface area contributed by atoms with E-state index in [0.29, 0.717) is 11.2 Å². The van der Waals surface area contributed by atoms with Crippen molar-refractivity contribution in [2.45, 2.75) is 49.7 Å². The van der Waals surface area contributed by atoms with Crippen molar-refractivity contribution in [3.8, 4) is 0 Å². The number of nitrogens with one attached hydrogen (secondary N) is 2. The molecule has 1 aromatic carbocycles. The SMILES string of the molecule is Nc1ncnc2c1ncn2CC(=O)NC(Cc1ccccc1)C(=O)NC1C(O)[C@H](O)C(CO)O[C@H]1O. The maximum Gasteiger partial charge on any atom is 0.243 e. The van der Waals surface area contributed by atoms with Gasteiger partial charge in [-0.15, -0.1) is 0 Å². The molecule has 1 aliphatic heterocycles. The normalized spacial score (nSPS) is 24.8. The summed E-state index contributed by atoms with van der Waals surface area (Å²) in [6.45, 7) is -0.859. The predicted octanol–water partition coefficient (Wildman–Crippen LogP) is -2.95. The summed E-state index contributed by atoms with van der Waals surface area (Å²) in [4.78, 5) is 38.1. The minimum absolute atomic E-state index is 0.0970. The molecule has 2 aromatic heterocycles. The van der Waals surface area contributed by atoms with Crippen molar-refractivity contribution < 1.29 is 34.8 Å². The van der Waals surface area contributed by atoms with Crippen molar-refractivity contribution in [2.75, 3.05) is 12.3 Å². The molecule has 0 aliphatic carbocycles. The Kier molecular flexibility index (Phi) is 7.71. The lowest BCUT2D eigenvalue weighted by atomic mass is 9.96. The second-order valence-electron chi connectivity index (χ2n) is 8.38. The molecular formula is C22H27N7O7. The molecule has 4 unspecified atom stereocenters. The lowest BCUT2D eigenvalue weighted by molar-refractivity contribution is -0.254. The van der Waals surface area contributed by atoms with Crippen LogP contribution in [0.2, 0.25) is 0 Å². The number of aliphatic hydroxyl groups excluding tert-OH is 4. The first-order chi connectivity index (χ1) is 17.3. The lowest BCUT2D eigenvalue weighted by Crippen LogP contribution is -2.65. The van der Waals surface area contributed by atoms with Gasteiger partial charge in [0.2, 0.25) is 11.8 Å². The number of anilines is 1. The number of hydrogen-bond acceptors (Lipinski definition) is 11. The van der Waals surface area contributed by atoms with Crippen LogP contribution in [0.25, 0.3) is 11.2 Å². The van der Waals surface area contributed by atoms with E-state index >= 15 is 0 Å². The fraction of sp³-hybridized carbons (Fsp3) is 0.409. The van der Waals surface area contributed by atoms with E-state index in [2.05, 4.69) is 25.6 Å². The van der Waals surface area contributed by atoms with Crippen molar-refractivity contribution in [1.82, 2.24) is 30.2 Å². The largest absolute Gasteiger partial charge is 0.394 e. The standard InChI is InChI=1S/C22H27N7O7/c23-19-16-20(25-9-24-19)29(10-26-16)7-14(31)27-12(6-11-4-2-1-3-5-11)21(34)28-15-18(33)17(32)13(8-30)36-22(15)35/h1-5,9-10,12-13,15,17-18,22,30,32-33,35H,6-8H2,(H,27,31)(H,28,34)(H2,23,24,25)/t12?,13?,15?,17-,18?,22-/m1/s1. The van der Waals surface area contributed by atoms with Gasteiger partial charge in [-0.1, -0.05) is 30.3 Å². The number of aromatic nitrogens is 4. The molecule has 192 valence electrons. The quantitative estimate of drug-likeness (QED) is 0.165. The Labute approximate surface area is 204 Å². The highest BCUT2D eigenvalue weighted by Crippen LogP contribution is 2.20. The third-order valence-electron chi connectivity index (χ3n) is 5.89. The van der Waals surface area contributed by atoms with Gasteiger partial charge in [0.25, 0.3) is 0 Å². The number of imidazole rings is 1. The van der Waals surface area contributed by atoms with Gasteiger partial charge in [0.05, 0.1) is 12.9 Å². The Bertz CT molecular complexity index is 1210. The van der Waals surface area contributed by atoms with Crippen LogP contribution < -0.4 is 16.4 Å². The van der Waals surface area contributed by atoms with Crippen molar-refractivity contribution in [2.24, 2.45) is 0 Å². The third-order valence-corrected chi connectivity index (χ3v) is 5.89. The molecule has 0 spiro atoms. The third kappa shape index (κ3) is 5.42. The highest BCUT2D eigenvalue weighted by atomic mass is 16.6. The monoisotopic (exact) mass is 501 g/mol. The summed E-state index contributed by atoms with van der Waals surface area (Å²) in [6, 6.07) is 6.41. The Balaban J connectivity index is 1.50. The number of benzene rings is 1. The Morgan fingerprint density at radius 2 is 1.86 bits per heavy atom. The molecule has 6 atom stereocenters. The highest BCUT2D eigenvalue weighted by Gasteiger charge is 2.44. The number of aliphatic hydroxyl groups is 4. The van der Waals surface area contributed by atoms with E-state index in [1.807, 2.05) is 0 Å². The van der Waals surface area contributed by atoms with E-state index < -0.39 is 55.1 Å². The van der Waals surface area contributed by atoms with Crippen LogP contribution in [0.1, 0.15) is 5.56 Å².